The van der Waals surface area contributed by atoms with Crippen molar-refractivity contribution in [3.63, 3.8) is 0 Å². The highest BCUT2D eigenvalue weighted by atomic mass is 16.5. The molecule has 2 unspecified atom stereocenters. The smallest absolute Gasteiger partial charge is 0.322 e. The van der Waals surface area contributed by atoms with Crippen LogP contribution in [-0.4, -0.2) is 49.8 Å². The van der Waals surface area contributed by atoms with Gasteiger partial charge in [-0.1, -0.05) is 0 Å². The fourth-order valence-corrected chi connectivity index (χ4v) is 4.50. The maximum absolute atomic E-state index is 12.7. The fraction of sp³-hybridized carbons (Fsp3) is 0.611. The summed E-state index contributed by atoms with van der Waals surface area (Å²) in [4.78, 5) is 17.1. The highest BCUT2D eigenvalue weighted by molar-refractivity contribution is 5.94. The Labute approximate surface area is 137 Å². The number of rotatable bonds is 2. The largest absolute Gasteiger partial charge is 0.497 e. The third-order valence-electron chi connectivity index (χ3n) is 5.85. The van der Waals surface area contributed by atoms with Crippen molar-refractivity contribution in [2.45, 2.75) is 50.2 Å². The lowest BCUT2D eigenvalue weighted by molar-refractivity contribution is 0.150. The maximum Gasteiger partial charge on any atom is 0.322 e. The number of carbonyl (C=O) groups is 1. The molecule has 1 N–H and O–H groups in total. The maximum atomic E-state index is 12.7. The van der Waals surface area contributed by atoms with Crippen LogP contribution in [-0.2, 0) is 6.42 Å². The summed E-state index contributed by atoms with van der Waals surface area (Å²) in [5.41, 5.74) is 2.22. The Balaban J connectivity index is 1.43. The van der Waals surface area contributed by atoms with Crippen molar-refractivity contribution in [1.82, 2.24) is 10.2 Å². The number of fused-ring (bicyclic) bond motifs is 3. The molecule has 4 rings (SSSR count). The zero-order chi connectivity index (χ0) is 16.0. The minimum atomic E-state index is 0.0582. The number of piperidine rings is 1. The van der Waals surface area contributed by atoms with Crippen LogP contribution in [0.3, 0.4) is 0 Å². The summed E-state index contributed by atoms with van der Waals surface area (Å²) in [6.45, 7) is 0.758. The molecule has 23 heavy (non-hydrogen) atoms. The van der Waals surface area contributed by atoms with Crippen molar-refractivity contribution >= 4 is 11.7 Å². The van der Waals surface area contributed by atoms with Gasteiger partial charge in [-0.2, -0.15) is 0 Å². The van der Waals surface area contributed by atoms with Gasteiger partial charge in [-0.05, 0) is 62.9 Å². The first-order valence-electron chi connectivity index (χ1n) is 8.62. The number of nitrogens with one attached hydrogen (secondary N) is 1. The monoisotopic (exact) mass is 315 g/mol. The molecule has 2 saturated heterocycles. The van der Waals surface area contributed by atoms with Gasteiger partial charge in [-0.15, -0.1) is 0 Å². The third-order valence-corrected chi connectivity index (χ3v) is 5.85. The normalized spacial score (nSPS) is 29.5. The second-order valence-corrected chi connectivity index (χ2v) is 7.06. The molecule has 2 bridgehead atoms. The Hall–Kier alpha value is -1.75. The molecule has 1 aromatic carbocycles. The molecule has 3 heterocycles. The number of anilines is 1. The molecule has 0 saturated carbocycles. The van der Waals surface area contributed by atoms with E-state index in [9.17, 15) is 4.79 Å². The molecule has 2 amide bonds. The summed E-state index contributed by atoms with van der Waals surface area (Å²) in [5.74, 6) is 0.859. The van der Waals surface area contributed by atoms with E-state index in [1.165, 1.54) is 18.4 Å². The minimum absolute atomic E-state index is 0.0582. The first-order chi connectivity index (χ1) is 11.2. The van der Waals surface area contributed by atoms with Crippen LogP contribution in [0, 0.1) is 0 Å². The fourth-order valence-electron chi connectivity index (χ4n) is 4.50. The van der Waals surface area contributed by atoms with Crippen molar-refractivity contribution in [3.05, 3.63) is 23.8 Å². The Morgan fingerprint density at radius 3 is 2.70 bits per heavy atom. The lowest BCUT2D eigenvalue weighted by Gasteiger charge is -2.37. The molecule has 0 aromatic heterocycles. The third kappa shape index (κ3) is 2.57. The molecule has 0 aliphatic carbocycles. The second-order valence-electron chi connectivity index (χ2n) is 7.06. The van der Waals surface area contributed by atoms with Gasteiger partial charge in [-0.3, -0.25) is 4.90 Å². The first kappa shape index (κ1) is 14.8. The van der Waals surface area contributed by atoms with Crippen molar-refractivity contribution in [2.75, 3.05) is 25.6 Å². The van der Waals surface area contributed by atoms with Crippen LogP contribution in [0.4, 0.5) is 10.5 Å². The van der Waals surface area contributed by atoms with E-state index in [2.05, 4.69) is 17.3 Å². The number of hydrogen-bond acceptors (Lipinski definition) is 3. The SMILES string of the molecule is COc1ccc2c(c1)CCN2C(=O)NC1CC2CCC(C1)N2C. The zero-order valence-electron chi connectivity index (χ0n) is 13.9. The number of methoxy groups -OCH3 is 1. The summed E-state index contributed by atoms with van der Waals surface area (Å²) in [7, 11) is 3.90. The molecular formula is C18H25N3O2. The van der Waals surface area contributed by atoms with Gasteiger partial charge in [0.2, 0.25) is 0 Å². The topological polar surface area (TPSA) is 44.8 Å². The van der Waals surface area contributed by atoms with E-state index in [4.69, 9.17) is 4.74 Å². The molecule has 2 atom stereocenters. The second kappa shape index (κ2) is 5.71. The van der Waals surface area contributed by atoms with Crippen LogP contribution >= 0.6 is 0 Å². The number of benzene rings is 1. The van der Waals surface area contributed by atoms with Crippen LogP contribution in [0.1, 0.15) is 31.2 Å². The minimum Gasteiger partial charge on any atom is -0.497 e. The van der Waals surface area contributed by atoms with Crippen LogP contribution in [0.15, 0.2) is 18.2 Å². The Morgan fingerprint density at radius 1 is 1.26 bits per heavy atom. The van der Waals surface area contributed by atoms with Gasteiger partial charge in [0.05, 0.1) is 7.11 Å². The highest BCUT2D eigenvalue weighted by Gasteiger charge is 2.39. The van der Waals surface area contributed by atoms with Crippen molar-refractivity contribution in [2.24, 2.45) is 0 Å². The van der Waals surface area contributed by atoms with Gasteiger partial charge >= 0.3 is 6.03 Å². The summed E-state index contributed by atoms with van der Waals surface area (Å²) >= 11 is 0. The molecular weight excluding hydrogens is 290 g/mol. The van der Waals surface area contributed by atoms with Gasteiger partial charge in [-0.25, -0.2) is 4.79 Å². The average Bonchev–Trinajstić information content (AvgIpc) is 3.04. The molecule has 2 fully saturated rings. The van der Waals surface area contributed by atoms with E-state index in [1.54, 1.807) is 7.11 Å². The van der Waals surface area contributed by atoms with E-state index in [1.807, 2.05) is 23.1 Å². The Kier molecular flexibility index (Phi) is 3.68. The Morgan fingerprint density at radius 2 is 2.00 bits per heavy atom. The molecule has 0 radical (unpaired) electrons. The Bertz CT molecular complexity index is 604. The van der Waals surface area contributed by atoms with Crippen molar-refractivity contribution in [1.29, 1.82) is 0 Å². The summed E-state index contributed by atoms with van der Waals surface area (Å²) in [5, 5.41) is 3.28. The van der Waals surface area contributed by atoms with Gasteiger partial charge in [0.15, 0.2) is 0 Å². The van der Waals surface area contributed by atoms with Crippen LogP contribution < -0.4 is 15.0 Å². The summed E-state index contributed by atoms with van der Waals surface area (Å²) in [6.07, 6.45) is 5.63. The predicted molar refractivity (Wildman–Crippen MR) is 90.2 cm³/mol. The van der Waals surface area contributed by atoms with Crippen molar-refractivity contribution in [3.8, 4) is 5.75 Å². The summed E-state index contributed by atoms with van der Waals surface area (Å²) < 4.78 is 5.27. The lowest BCUT2D eigenvalue weighted by Crippen LogP contribution is -2.51. The van der Waals surface area contributed by atoms with Crippen LogP contribution in [0.5, 0.6) is 5.75 Å². The van der Waals surface area contributed by atoms with Crippen LogP contribution in [0.2, 0.25) is 0 Å². The zero-order valence-corrected chi connectivity index (χ0v) is 13.9. The molecule has 5 heteroatoms. The molecule has 1 aromatic rings. The summed E-state index contributed by atoms with van der Waals surface area (Å²) in [6, 6.07) is 7.64. The van der Waals surface area contributed by atoms with Gasteiger partial charge < -0.3 is 15.0 Å². The van der Waals surface area contributed by atoms with Gasteiger partial charge in [0, 0.05) is 30.4 Å². The van der Waals surface area contributed by atoms with E-state index >= 15 is 0 Å². The van der Waals surface area contributed by atoms with Crippen LogP contribution in [0.25, 0.3) is 0 Å². The molecule has 3 aliphatic rings. The van der Waals surface area contributed by atoms with E-state index in [0.717, 1.165) is 37.2 Å². The standard InChI is InChI=1S/C18H25N3O2/c1-20-14-3-4-15(20)11-13(10-14)19-18(22)21-8-7-12-9-16(23-2)5-6-17(12)21/h5-6,9,13-15H,3-4,7-8,10-11H2,1-2H3,(H,19,22). The van der Waals surface area contributed by atoms with E-state index in [-0.39, 0.29) is 6.03 Å². The molecule has 3 aliphatic heterocycles. The number of nitrogens with zero attached hydrogens (tertiary/aromatic N) is 2. The highest BCUT2D eigenvalue weighted by Crippen LogP contribution is 2.35. The number of ether oxygens (including phenoxy) is 1. The number of urea groups is 1. The molecule has 0 spiro atoms. The molecule has 124 valence electrons. The lowest BCUT2D eigenvalue weighted by atomic mass is 9.98. The van der Waals surface area contributed by atoms with Crippen molar-refractivity contribution < 1.29 is 9.53 Å². The predicted octanol–water partition coefficient (Wildman–Crippen LogP) is 2.39. The first-order valence-corrected chi connectivity index (χ1v) is 8.62. The van der Waals surface area contributed by atoms with Gasteiger partial charge in [0.25, 0.3) is 0 Å². The quantitative estimate of drug-likeness (QED) is 0.911. The van der Waals surface area contributed by atoms with E-state index < -0.39 is 0 Å². The number of amides is 2. The average molecular weight is 315 g/mol. The molecule has 5 nitrogen and oxygen atoms in total. The van der Waals surface area contributed by atoms with E-state index in [0.29, 0.717) is 18.1 Å². The number of carbonyl (C=O) groups excluding carboxylic acids is 1. The number of hydrogen-bond donors (Lipinski definition) is 1. The van der Waals surface area contributed by atoms with Gasteiger partial charge in [0.1, 0.15) is 5.75 Å².